The van der Waals surface area contributed by atoms with Crippen molar-refractivity contribution < 1.29 is 13.6 Å². The van der Waals surface area contributed by atoms with Crippen molar-refractivity contribution in [3.8, 4) is 0 Å². The molecule has 98 valence electrons. The highest BCUT2D eigenvalue weighted by Gasteiger charge is 2.22. The Labute approximate surface area is 118 Å². The van der Waals surface area contributed by atoms with Crippen LogP contribution in [0.5, 0.6) is 0 Å². The van der Waals surface area contributed by atoms with E-state index in [1.165, 1.54) is 36.4 Å². The number of ketones is 1. The third kappa shape index (κ3) is 3.11. The van der Waals surface area contributed by atoms with Crippen molar-refractivity contribution in [2.24, 2.45) is 0 Å². The summed E-state index contributed by atoms with van der Waals surface area (Å²) in [6.45, 7) is 0. The highest BCUT2D eigenvalue weighted by Crippen LogP contribution is 2.27. The number of benzene rings is 2. The first-order valence-corrected chi connectivity index (χ1v) is 6.19. The van der Waals surface area contributed by atoms with E-state index in [1.807, 2.05) is 0 Å². The Hall–Kier alpha value is -1.45. The van der Waals surface area contributed by atoms with Gasteiger partial charge in [-0.25, -0.2) is 8.78 Å². The molecule has 1 nitrogen and oxygen atoms in total. The number of hydrogen-bond acceptors (Lipinski definition) is 1. The number of halogens is 4. The number of hydrogen-bond donors (Lipinski definition) is 0. The lowest BCUT2D eigenvalue weighted by molar-refractivity contribution is 0.0983. The fourth-order valence-corrected chi connectivity index (χ4v) is 2.03. The minimum Gasteiger partial charge on any atom is -0.292 e. The maximum Gasteiger partial charge on any atom is 0.188 e. The number of carbonyl (C=O) groups excluding carboxylic acids is 1. The second-order valence-corrected chi connectivity index (χ2v) is 4.78. The van der Waals surface area contributed by atoms with E-state index in [0.717, 1.165) is 6.07 Å². The van der Waals surface area contributed by atoms with E-state index in [-0.39, 0.29) is 10.6 Å². The molecule has 0 aliphatic heterocycles. The molecule has 1 unspecified atom stereocenters. The third-order valence-electron chi connectivity index (χ3n) is 2.59. The Morgan fingerprint density at radius 2 is 1.68 bits per heavy atom. The van der Waals surface area contributed by atoms with Gasteiger partial charge in [0.1, 0.15) is 17.0 Å². The zero-order valence-electron chi connectivity index (χ0n) is 9.54. The average molecular weight is 301 g/mol. The van der Waals surface area contributed by atoms with Crippen LogP contribution in [0.15, 0.2) is 42.5 Å². The molecule has 0 spiro atoms. The molecule has 0 N–H and O–H groups in total. The molecular formula is C14H8Cl2F2O. The molecule has 1 atom stereocenters. The van der Waals surface area contributed by atoms with Crippen LogP contribution in [0.4, 0.5) is 8.78 Å². The van der Waals surface area contributed by atoms with E-state index >= 15 is 0 Å². The molecule has 0 aromatic heterocycles. The fraction of sp³-hybridized carbons (Fsp3) is 0.0714. The smallest absolute Gasteiger partial charge is 0.188 e. The Morgan fingerprint density at radius 3 is 2.26 bits per heavy atom. The van der Waals surface area contributed by atoms with Crippen LogP contribution in [0.3, 0.4) is 0 Å². The lowest BCUT2D eigenvalue weighted by Crippen LogP contribution is -2.09. The average Bonchev–Trinajstić information content (AvgIpc) is 2.38. The maximum absolute atomic E-state index is 13.6. The molecule has 0 fully saturated rings. The molecule has 2 rings (SSSR count). The number of rotatable bonds is 3. The summed E-state index contributed by atoms with van der Waals surface area (Å²) in [6, 6.07) is 8.89. The van der Waals surface area contributed by atoms with Crippen LogP contribution in [0, 0.1) is 11.6 Å². The Bertz CT molecular complexity index is 611. The predicted molar refractivity (Wildman–Crippen MR) is 70.7 cm³/mol. The molecule has 0 amide bonds. The van der Waals surface area contributed by atoms with Gasteiger partial charge < -0.3 is 0 Å². The van der Waals surface area contributed by atoms with Crippen molar-refractivity contribution in [2.45, 2.75) is 5.38 Å². The van der Waals surface area contributed by atoms with Gasteiger partial charge in [0.15, 0.2) is 5.78 Å². The quantitative estimate of drug-likeness (QED) is 0.589. The van der Waals surface area contributed by atoms with Gasteiger partial charge in [-0.05, 0) is 35.9 Å². The lowest BCUT2D eigenvalue weighted by atomic mass is 10.0. The second-order valence-electron chi connectivity index (χ2n) is 3.90. The minimum absolute atomic E-state index is 0.145. The van der Waals surface area contributed by atoms with Gasteiger partial charge in [0, 0.05) is 5.02 Å². The van der Waals surface area contributed by atoms with Crippen LogP contribution in [0.1, 0.15) is 21.3 Å². The van der Waals surface area contributed by atoms with E-state index in [9.17, 15) is 13.6 Å². The fourth-order valence-electron chi connectivity index (χ4n) is 1.61. The number of Topliss-reactive ketones (excluding diaryl/α,β-unsaturated/α-hetero) is 1. The first-order chi connectivity index (χ1) is 8.99. The van der Waals surface area contributed by atoms with Crippen LogP contribution < -0.4 is 0 Å². The van der Waals surface area contributed by atoms with E-state index < -0.39 is 22.8 Å². The molecule has 0 aliphatic rings. The van der Waals surface area contributed by atoms with Crippen molar-refractivity contribution in [1.29, 1.82) is 0 Å². The van der Waals surface area contributed by atoms with Crippen LogP contribution in [0.2, 0.25) is 5.02 Å². The largest absolute Gasteiger partial charge is 0.292 e. The SMILES string of the molecule is O=C(c1ccc(Cl)cc1F)C(Cl)c1ccc(F)cc1. The summed E-state index contributed by atoms with van der Waals surface area (Å²) in [4.78, 5) is 12.1. The molecule has 0 radical (unpaired) electrons. The monoisotopic (exact) mass is 300 g/mol. The topological polar surface area (TPSA) is 17.1 Å². The molecule has 0 saturated heterocycles. The van der Waals surface area contributed by atoms with Crippen molar-refractivity contribution >= 4 is 29.0 Å². The van der Waals surface area contributed by atoms with Crippen molar-refractivity contribution in [3.05, 3.63) is 70.2 Å². The van der Waals surface area contributed by atoms with Crippen LogP contribution in [-0.2, 0) is 0 Å². The first-order valence-electron chi connectivity index (χ1n) is 5.38. The zero-order chi connectivity index (χ0) is 14.0. The molecular weight excluding hydrogens is 293 g/mol. The second kappa shape index (κ2) is 5.68. The molecule has 0 aliphatic carbocycles. The minimum atomic E-state index is -1.07. The maximum atomic E-state index is 13.6. The summed E-state index contributed by atoms with van der Waals surface area (Å²) in [5.41, 5.74) is 0.260. The standard InChI is InChI=1S/C14H8Cl2F2O/c15-9-3-6-11(12(18)7-9)14(19)13(16)8-1-4-10(17)5-2-8/h1-7,13H. The zero-order valence-corrected chi connectivity index (χ0v) is 11.1. The molecule has 2 aromatic rings. The van der Waals surface area contributed by atoms with Crippen LogP contribution in [-0.4, -0.2) is 5.78 Å². The van der Waals surface area contributed by atoms with Crippen molar-refractivity contribution in [3.63, 3.8) is 0 Å². The molecule has 0 saturated carbocycles. The summed E-state index contributed by atoms with van der Waals surface area (Å²) < 4.78 is 26.4. The number of alkyl halides is 1. The molecule has 19 heavy (non-hydrogen) atoms. The van der Waals surface area contributed by atoms with Gasteiger partial charge in [-0.15, -0.1) is 11.6 Å². The normalized spacial score (nSPS) is 12.2. The molecule has 2 aromatic carbocycles. The van der Waals surface area contributed by atoms with E-state index in [1.54, 1.807) is 0 Å². The number of carbonyl (C=O) groups is 1. The van der Waals surface area contributed by atoms with Gasteiger partial charge in [0.05, 0.1) is 5.56 Å². The molecule has 0 bridgehead atoms. The molecule has 0 heterocycles. The highest BCUT2D eigenvalue weighted by atomic mass is 35.5. The van der Waals surface area contributed by atoms with E-state index in [2.05, 4.69) is 0 Å². The van der Waals surface area contributed by atoms with Crippen LogP contribution >= 0.6 is 23.2 Å². The molecule has 5 heteroatoms. The summed E-state index contributed by atoms with van der Waals surface area (Å²) in [5, 5.41) is -0.877. The van der Waals surface area contributed by atoms with Crippen molar-refractivity contribution in [2.75, 3.05) is 0 Å². The van der Waals surface area contributed by atoms with E-state index in [0.29, 0.717) is 5.56 Å². The van der Waals surface area contributed by atoms with Crippen molar-refractivity contribution in [1.82, 2.24) is 0 Å². The Morgan fingerprint density at radius 1 is 1.05 bits per heavy atom. The van der Waals surface area contributed by atoms with Gasteiger partial charge >= 0.3 is 0 Å². The lowest BCUT2D eigenvalue weighted by Gasteiger charge is -2.10. The Balaban J connectivity index is 2.30. The summed E-state index contributed by atoms with van der Waals surface area (Å²) in [5.74, 6) is -1.76. The first kappa shape index (κ1) is 14.0. The third-order valence-corrected chi connectivity index (χ3v) is 3.27. The van der Waals surface area contributed by atoms with Gasteiger partial charge in [0.25, 0.3) is 0 Å². The summed E-state index contributed by atoms with van der Waals surface area (Å²) in [7, 11) is 0. The van der Waals surface area contributed by atoms with Crippen LogP contribution in [0.25, 0.3) is 0 Å². The summed E-state index contributed by atoms with van der Waals surface area (Å²) >= 11 is 11.6. The predicted octanol–water partition coefficient (Wildman–Crippen LogP) is 4.78. The highest BCUT2D eigenvalue weighted by molar-refractivity contribution is 6.34. The van der Waals surface area contributed by atoms with Gasteiger partial charge in [-0.2, -0.15) is 0 Å². The summed E-state index contributed by atoms with van der Waals surface area (Å²) in [6.07, 6.45) is 0. The van der Waals surface area contributed by atoms with Gasteiger partial charge in [-0.1, -0.05) is 23.7 Å². The Kier molecular flexibility index (Phi) is 4.17. The van der Waals surface area contributed by atoms with Gasteiger partial charge in [0.2, 0.25) is 0 Å². The van der Waals surface area contributed by atoms with Gasteiger partial charge in [-0.3, -0.25) is 4.79 Å². The van der Waals surface area contributed by atoms with E-state index in [4.69, 9.17) is 23.2 Å².